The average Bonchev–Trinajstić information content (AvgIpc) is 2.52. The first-order valence-electron chi connectivity index (χ1n) is 9.15. The zero-order valence-corrected chi connectivity index (χ0v) is 15.9. The Balaban J connectivity index is 2.20. The van der Waals surface area contributed by atoms with Crippen LogP contribution in [0.3, 0.4) is 0 Å². The van der Waals surface area contributed by atoms with Gasteiger partial charge in [0, 0.05) is 38.3 Å². The van der Waals surface area contributed by atoms with Gasteiger partial charge in [0.25, 0.3) is 0 Å². The van der Waals surface area contributed by atoms with Crippen molar-refractivity contribution in [1.29, 1.82) is 0 Å². The molecule has 1 unspecified atom stereocenters. The second kappa shape index (κ2) is 8.32. The molecule has 0 bridgehead atoms. The van der Waals surface area contributed by atoms with Crippen LogP contribution in [0, 0.1) is 5.92 Å². The van der Waals surface area contributed by atoms with Gasteiger partial charge in [0.2, 0.25) is 0 Å². The van der Waals surface area contributed by atoms with Crippen LogP contribution in [-0.4, -0.2) is 49.3 Å². The van der Waals surface area contributed by atoms with Gasteiger partial charge >= 0.3 is 0 Å². The van der Waals surface area contributed by atoms with Crippen LogP contribution in [-0.2, 0) is 5.41 Å². The summed E-state index contributed by atoms with van der Waals surface area (Å²) in [5.74, 6) is 1.28. The smallest absolute Gasteiger partial charge is 0.125 e. The van der Waals surface area contributed by atoms with Gasteiger partial charge in [0.05, 0.1) is 12.7 Å². The van der Waals surface area contributed by atoms with Gasteiger partial charge in [-0.15, -0.1) is 0 Å². The van der Waals surface area contributed by atoms with Crippen molar-refractivity contribution in [2.45, 2.75) is 46.1 Å². The number of hydrogen-bond acceptors (Lipinski definition) is 4. The maximum atomic E-state index is 10.9. The first-order valence-corrected chi connectivity index (χ1v) is 9.15. The van der Waals surface area contributed by atoms with Crippen LogP contribution in [0.5, 0.6) is 5.75 Å². The molecule has 136 valence electrons. The lowest BCUT2D eigenvalue weighted by Gasteiger charge is -2.30. The minimum Gasteiger partial charge on any atom is -0.493 e. The SMILES string of the molecule is CC(C)COc1ccc(C(C)(C)C)cc1C(O)CN1CCNCC1. The zero-order chi connectivity index (χ0) is 17.7. The van der Waals surface area contributed by atoms with Crippen molar-refractivity contribution in [3.63, 3.8) is 0 Å². The number of aliphatic hydroxyl groups is 1. The Morgan fingerprint density at radius 2 is 1.88 bits per heavy atom. The number of piperazine rings is 1. The maximum absolute atomic E-state index is 10.9. The Morgan fingerprint density at radius 1 is 1.21 bits per heavy atom. The molecule has 1 aromatic carbocycles. The van der Waals surface area contributed by atoms with Gasteiger partial charge in [-0.25, -0.2) is 0 Å². The largest absolute Gasteiger partial charge is 0.493 e. The van der Waals surface area contributed by atoms with E-state index in [0.717, 1.165) is 37.5 Å². The minimum absolute atomic E-state index is 0.0556. The van der Waals surface area contributed by atoms with E-state index < -0.39 is 6.10 Å². The average molecular weight is 335 g/mol. The molecule has 1 aliphatic heterocycles. The Morgan fingerprint density at radius 3 is 2.46 bits per heavy atom. The molecule has 24 heavy (non-hydrogen) atoms. The van der Waals surface area contributed by atoms with E-state index in [0.29, 0.717) is 19.1 Å². The number of β-amino-alcohol motifs (C(OH)–C–C–N with tert-alkyl or cyclic N) is 1. The molecule has 0 aliphatic carbocycles. The summed E-state index contributed by atoms with van der Waals surface area (Å²) in [6.45, 7) is 16.2. The summed E-state index contributed by atoms with van der Waals surface area (Å²) in [6.07, 6.45) is -0.521. The molecular formula is C20H34N2O2. The number of nitrogens with zero attached hydrogens (tertiary/aromatic N) is 1. The zero-order valence-electron chi connectivity index (χ0n) is 15.9. The first kappa shape index (κ1) is 19.2. The molecule has 4 heteroatoms. The summed E-state index contributed by atoms with van der Waals surface area (Å²) >= 11 is 0. The van der Waals surface area contributed by atoms with Gasteiger partial charge in [-0.3, -0.25) is 4.90 Å². The fourth-order valence-corrected chi connectivity index (χ4v) is 2.90. The van der Waals surface area contributed by atoms with Crippen molar-refractivity contribution in [3.8, 4) is 5.75 Å². The van der Waals surface area contributed by atoms with Crippen molar-refractivity contribution in [3.05, 3.63) is 29.3 Å². The quantitative estimate of drug-likeness (QED) is 0.839. The van der Waals surface area contributed by atoms with Crippen LogP contribution in [0.25, 0.3) is 0 Å². The molecule has 1 saturated heterocycles. The van der Waals surface area contributed by atoms with Crippen molar-refractivity contribution in [1.82, 2.24) is 10.2 Å². The summed E-state index contributed by atoms with van der Waals surface area (Å²) in [4.78, 5) is 2.32. The summed E-state index contributed by atoms with van der Waals surface area (Å²) < 4.78 is 5.99. The van der Waals surface area contributed by atoms with E-state index in [1.54, 1.807) is 0 Å². The summed E-state index contributed by atoms with van der Waals surface area (Å²) in [6, 6.07) is 6.28. The minimum atomic E-state index is -0.521. The normalized spacial score (nSPS) is 18.0. The Labute approximate surface area is 147 Å². The summed E-state index contributed by atoms with van der Waals surface area (Å²) in [5.41, 5.74) is 2.20. The molecule has 1 atom stereocenters. The summed E-state index contributed by atoms with van der Waals surface area (Å²) in [7, 11) is 0. The first-order chi connectivity index (χ1) is 11.3. The number of nitrogens with one attached hydrogen (secondary N) is 1. The van der Waals surface area contributed by atoms with E-state index >= 15 is 0 Å². The van der Waals surface area contributed by atoms with Crippen molar-refractivity contribution in [2.75, 3.05) is 39.3 Å². The van der Waals surface area contributed by atoms with Gasteiger partial charge in [0.15, 0.2) is 0 Å². The topological polar surface area (TPSA) is 44.7 Å². The lowest BCUT2D eigenvalue weighted by molar-refractivity contribution is 0.102. The molecule has 2 rings (SSSR count). The molecule has 0 aromatic heterocycles. The van der Waals surface area contributed by atoms with Crippen molar-refractivity contribution >= 4 is 0 Å². The maximum Gasteiger partial charge on any atom is 0.125 e. The Kier molecular flexibility index (Phi) is 6.67. The van der Waals surface area contributed by atoms with Crippen LogP contribution in [0.2, 0.25) is 0 Å². The third-order valence-electron chi connectivity index (χ3n) is 4.45. The van der Waals surface area contributed by atoms with E-state index in [-0.39, 0.29) is 5.41 Å². The lowest BCUT2D eigenvalue weighted by Crippen LogP contribution is -2.45. The fraction of sp³-hybridized carbons (Fsp3) is 0.700. The third kappa shape index (κ3) is 5.47. The number of benzene rings is 1. The highest BCUT2D eigenvalue weighted by molar-refractivity contribution is 5.41. The lowest BCUT2D eigenvalue weighted by atomic mass is 9.85. The van der Waals surface area contributed by atoms with E-state index in [4.69, 9.17) is 4.74 Å². The van der Waals surface area contributed by atoms with Crippen LogP contribution in [0.15, 0.2) is 18.2 Å². The van der Waals surface area contributed by atoms with Crippen molar-refractivity contribution in [2.24, 2.45) is 5.92 Å². The molecule has 4 nitrogen and oxygen atoms in total. The molecule has 1 aliphatic rings. The van der Waals surface area contributed by atoms with E-state index in [1.807, 2.05) is 6.07 Å². The Bertz CT molecular complexity index is 517. The van der Waals surface area contributed by atoms with Crippen LogP contribution in [0.4, 0.5) is 0 Å². The highest BCUT2D eigenvalue weighted by Gasteiger charge is 2.22. The molecule has 0 spiro atoms. The van der Waals surface area contributed by atoms with E-state index in [2.05, 4.69) is 57.0 Å². The van der Waals surface area contributed by atoms with Gasteiger partial charge in [-0.1, -0.05) is 40.7 Å². The van der Waals surface area contributed by atoms with Gasteiger partial charge in [0.1, 0.15) is 5.75 Å². The molecule has 1 aromatic rings. The standard InChI is InChI=1S/C20H34N2O2/c1-15(2)14-24-19-7-6-16(20(3,4)5)12-17(19)18(23)13-22-10-8-21-9-11-22/h6-7,12,15,18,21,23H,8-11,13-14H2,1-5H3. The van der Waals surface area contributed by atoms with Crippen LogP contribution < -0.4 is 10.1 Å². The predicted octanol–water partition coefficient (Wildman–Crippen LogP) is 2.96. The van der Waals surface area contributed by atoms with Gasteiger partial charge in [-0.2, -0.15) is 0 Å². The van der Waals surface area contributed by atoms with Gasteiger partial charge in [-0.05, 0) is 29.0 Å². The predicted molar refractivity (Wildman–Crippen MR) is 99.7 cm³/mol. The molecule has 1 fully saturated rings. The second-order valence-electron chi connectivity index (χ2n) is 8.27. The molecule has 0 saturated carbocycles. The number of aliphatic hydroxyl groups excluding tert-OH is 1. The molecule has 1 heterocycles. The molecule has 0 radical (unpaired) electrons. The molecule has 2 N–H and O–H groups in total. The number of rotatable bonds is 6. The number of ether oxygens (including phenoxy) is 1. The highest BCUT2D eigenvalue weighted by Crippen LogP contribution is 2.32. The highest BCUT2D eigenvalue weighted by atomic mass is 16.5. The second-order valence-corrected chi connectivity index (χ2v) is 8.27. The Hall–Kier alpha value is -1.10. The third-order valence-corrected chi connectivity index (χ3v) is 4.45. The molecule has 0 amide bonds. The van der Waals surface area contributed by atoms with Crippen LogP contribution in [0.1, 0.15) is 51.8 Å². The molecular weight excluding hydrogens is 300 g/mol. The van der Waals surface area contributed by atoms with Crippen LogP contribution >= 0.6 is 0 Å². The number of hydrogen-bond donors (Lipinski definition) is 2. The van der Waals surface area contributed by atoms with Crippen molar-refractivity contribution < 1.29 is 9.84 Å². The fourth-order valence-electron chi connectivity index (χ4n) is 2.90. The van der Waals surface area contributed by atoms with E-state index in [9.17, 15) is 5.11 Å². The summed E-state index contributed by atoms with van der Waals surface area (Å²) in [5, 5.41) is 14.2. The monoisotopic (exact) mass is 334 g/mol. The van der Waals surface area contributed by atoms with E-state index in [1.165, 1.54) is 5.56 Å². The van der Waals surface area contributed by atoms with Gasteiger partial charge < -0.3 is 15.2 Å².